The van der Waals surface area contributed by atoms with Crippen LogP contribution in [0.3, 0.4) is 0 Å². The number of aromatic nitrogens is 2. The molecule has 0 unspecified atom stereocenters. The maximum Gasteiger partial charge on any atom is 0.339 e. The number of carbonyl (C=O) groups excluding carboxylic acids is 3. The van der Waals surface area contributed by atoms with Crippen molar-refractivity contribution in [2.45, 2.75) is 6.92 Å². The number of esters is 2. The number of nitrogens with one attached hydrogen (secondary N) is 2. The highest BCUT2D eigenvalue weighted by atomic mass is 16.5. The van der Waals surface area contributed by atoms with Crippen LogP contribution in [0.25, 0.3) is 0 Å². The van der Waals surface area contributed by atoms with Gasteiger partial charge >= 0.3 is 11.9 Å². The van der Waals surface area contributed by atoms with E-state index in [1.165, 1.54) is 38.6 Å². The Balaban J connectivity index is 2.41. The van der Waals surface area contributed by atoms with Gasteiger partial charge < -0.3 is 14.8 Å². The summed E-state index contributed by atoms with van der Waals surface area (Å²) >= 11 is 0. The third-order valence-corrected chi connectivity index (χ3v) is 3.17. The van der Waals surface area contributed by atoms with E-state index in [4.69, 9.17) is 0 Å². The molecule has 8 nitrogen and oxygen atoms in total. The molecule has 0 atom stereocenters. The van der Waals surface area contributed by atoms with E-state index in [2.05, 4.69) is 25.0 Å². The second-order valence-electron chi connectivity index (χ2n) is 4.61. The number of hydrogen-bond acceptors (Lipinski definition) is 6. The van der Waals surface area contributed by atoms with Gasteiger partial charge in [-0.15, -0.1) is 0 Å². The van der Waals surface area contributed by atoms with Crippen LogP contribution in [0.4, 0.5) is 5.69 Å². The monoisotopic (exact) mass is 317 g/mol. The number of carbonyl (C=O) groups is 3. The molecule has 0 spiro atoms. The van der Waals surface area contributed by atoms with Gasteiger partial charge in [-0.1, -0.05) is 0 Å². The summed E-state index contributed by atoms with van der Waals surface area (Å²) < 4.78 is 9.31. The van der Waals surface area contributed by atoms with Crippen LogP contribution in [0.15, 0.2) is 24.4 Å². The van der Waals surface area contributed by atoms with Crippen LogP contribution in [0.5, 0.6) is 0 Å². The molecule has 1 amide bonds. The van der Waals surface area contributed by atoms with Crippen LogP contribution in [-0.4, -0.2) is 42.3 Å². The number of rotatable bonds is 4. The number of anilines is 1. The molecule has 0 aliphatic rings. The summed E-state index contributed by atoms with van der Waals surface area (Å²) in [5, 5.41) is 8.99. The topological polar surface area (TPSA) is 110 Å². The molecule has 8 heteroatoms. The first-order valence-electron chi connectivity index (χ1n) is 6.60. The fourth-order valence-corrected chi connectivity index (χ4v) is 1.95. The molecule has 1 aromatic heterocycles. The molecule has 0 bridgehead atoms. The Morgan fingerprint density at radius 3 is 2.35 bits per heavy atom. The SMILES string of the molecule is COC(=O)c1ccc(C(=O)OC)c(NC(=O)c2cn[nH]c2C)c1. The molecule has 0 aliphatic carbocycles. The average molecular weight is 317 g/mol. The number of H-pyrrole nitrogens is 1. The number of ether oxygens (including phenoxy) is 2. The Kier molecular flexibility index (Phi) is 4.75. The summed E-state index contributed by atoms with van der Waals surface area (Å²) in [7, 11) is 2.46. The van der Waals surface area contributed by atoms with Crippen molar-refractivity contribution < 1.29 is 23.9 Å². The van der Waals surface area contributed by atoms with Crippen LogP contribution in [0.2, 0.25) is 0 Å². The molecular formula is C15H15N3O5. The Bertz CT molecular complexity index is 766. The van der Waals surface area contributed by atoms with Crippen LogP contribution < -0.4 is 5.32 Å². The first-order chi connectivity index (χ1) is 11.0. The summed E-state index contributed by atoms with van der Waals surface area (Å²) in [4.78, 5) is 35.7. The summed E-state index contributed by atoms with van der Waals surface area (Å²) in [5.74, 6) is -1.69. The van der Waals surface area contributed by atoms with Crippen LogP contribution in [-0.2, 0) is 9.47 Å². The van der Waals surface area contributed by atoms with E-state index >= 15 is 0 Å². The van der Waals surface area contributed by atoms with Gasteiger partial charge in [0.1, 0.15) is 0 Å². The number of hydrogen-bond donors (Lipinski definition) is 2. The standard InChI is InChI=1S/C15H15N3O5/c1-8-11(7-16-18-8)13(19)17-12-6-9(14(20)22-2)4-5-10(12)15(21)23-3/h4-7H,1-3H3,(H,16,18)(H,17,19). The Morgan fingerprint density at radius 1 is 1.09 bits per heavy atom. The minimum Gasteiger partial charge on any atom is -0.465 e. The lowest BCUT2D eigenvalue weighted by Gasteiger charge is -2.11. The largest absolute Gasteiger partial charge is 0.465 e. The van der Waals surface area contributed by atoms with Crippen LogP contribution in [0, 0.1) is 6.92 Å². The lowest BCUT2D eigenvalue weighted by molar-refractivity contribution is 0.0587. The molecule has 23 heavy (non-hydrogen) atoms. The van der Waals surface area contributed by atoms with Gasteiger partial charge in [-0.2, -0.15) is 5.10 Å². The molecule has 0 radical (unpaired) electrons. The molecule has 120 valence electrons. The minimum atomic E-state index is -0.638. The van der Waals surface area contributed by atoms with Gasteiger partial charge in [-0.25, -0.2) is 9.59 Å². The summed E-state index contributed by atoms with van der Waals surface area (Å²) in [6.45, 7) is 1.69. The maximum atomic E-state index is 12.3. The summed E-state index contributed by atoms with van der Waals surface area (Å²) in [6.07, 6.45) is 1.37. The summed E-state index contributed by atoms with van der Waals surface area (Å²) in [5.41, 5.74) is 1.36. The van der Waals surface area contributed by atoms with Crippen molar-refractivity contribution in [3.63, 3.8) is 0 Å². The van der Waals surface area contributed by atoms with Crippen molar-refractivity contribution in [2.24, 2.45) is 0 Å². The van der Waals surface area contributed by atoms with Gasteiger partial charge in [0, 0.05) is 5.69 Å². The van der Waals surface area contributed by atoms with Gasteiger partial charge in [-0.05, 0) is 25.1 Å². The van der Waals surface area contributed by atoms with Gasteiger partial charge in [0.25, 0.3) is 5.91 Å². The van der Waals surface area contributed by atoms with E-state index in [0.717, 1.165) is 0 Å². The molecule has 0 saturated heterocycles. The molecule has 2 rings (SSSR count). The van der Waals surface area contributed by atoms with E-state index in [1.54, 1.807) is 6.92 Å². The van der Waals surface area contributed by atoms with E-state index in [1.807, 2.05) is 0 Å². The molecular weight excluding hydrogens is 302 g/mol. The number of benzene rings is 1. The molecule has 0 aliphatic heterocycles. The molecule has 0 saturated carbocycles. The van der Waals surface area contributed by atoms with Crippen molar-refractivity contribution in [1.82, 2.24) is 10.2 Å². The number of amides is 1. The Morgan fingerprint density at radius 2 is 1.78 bits per heavy atom. The van der Waals surface area contributed by atoms with Crippen molar-refractivity contribution in [1.29, 1.82) is 0 Å². The molecule has 2 N–H and O–H groups in total. The Hall–Kier alpha value is -3.16. The smallest absolute Gasteiger partial charge is 0.339 e. The third-order valence-electron chi connectivity index (χ3n) is 3.17. The first kappa shape index (κ1) is 16.2. The second-order valence-corrected chi connectivity index (χ2v) is 4.61. The quantitative estimate of drug-likeness (QED) is 0.828. The predicted molar refractivity (Wildman–Crippen MR) is 80.4 cm³/mol. The zero-order valence-electron chi connectivity index (χ0n) is 12.8. The minimum absolute atomic E-state index is 0.120. The van der Waals surface area contributed by atoms with E-state index < -0.39 is 17.8 Å². The van der Waals surface area contributed by atoms with Crippen molar-refractivity contribution in [3.05, 3.63) is 46.8 Å². The highest BCUT2D eigenvalue weighted by molar-refractivity contribution is 6.09. The van der Waals surface area contributed by atoms with Crippen LogP contribution in [0.1, 0.15) is 36.8 Å². The van der Waals surface area contributed by atoms with E-state index in [9.17, 15) is 14.4 Å². The van der Waals surface area contributed by atoms with Gasteiger partial charge in [0.05, 0.1) is 42.8 Å². The average Bonchev–Trinajstić information content (AvgIpc) is 2.99. The lowest BCUT2D eigenvalue weighted by atomic mass is 10.1. The van der Waals surface area contributed by atoms with Crippen molar-refractivity contribution in [3.8, 4) is 0 Å². The highest BCUT2D eigenvalue weighted by Gasteiger charge is 2.19. The maximum absolute atomic E-state index is 12.3. The lowest BCUT2D eigenvalue weighted by Crippen LogP contribution is -2.16. The number of aromatic amines is 1. The molecule has 1 aromatic carbocycles. The first-order valence-corrected chi connectivity index (χ1v) is 6.60. The highest BCUT2D eigenvalue weighted by Crippen LogP contribution is 2.21. The van der Waals surface area contributed by atoms with Crippen molar-refractivity contribution >= 4 is 23.5 Å². The van der Waals surface area contributed by atoms with Crippen LogP contribution >= 0.6 is 0 Å². The fourth-order valence-electron chi connectivity index (χ4n) is 1.95. The zero-order chi connectivity index (χ0) is 17.0. The molecule has 2 aromatic rings. The van der Waals surface area contributed by atoms with Gasteiger partial charge in [0.2, 0.25) is 0 Å². The predicted octanol–water partition coefficient (Wildman–Crippen LogP) is 1.54. The van der Waals surface area contributed by atoms with E-state index in [0.29, 0.717) is 11.3 Å². The number of nitrogens with zero attached hydrogens (tertiary/aromatic N) is 1. The van der Waals surface area contributed by atoms with Gasteiger partial charge in [-0.3, -0.25) is 9.89 Å². The van der Waals surface area contributed by atoms with E-state index in [-0.39, 0.29) is 16.8 Å². The summed E-state index contributed by atoms with van der Waals surface area (Å²) in [6, 6.07) is 4.15. The Labute approximate surface area is 131 Å². The fraction of sp³-hybridized carbons (Fsp3) is 0.200. The third kappa shape index (κ3) is 3.37. The van der Waals surface area contributed by atoms with Gasteiger partial charge in [0.15, 0.2) is 0 Å². The van der Waals surface area contributed by atoms with Crippen molar-refractivity contribution in [2.75, 3.05) is 19.5 Å². The number of methoxy groups -OCH3 is 2. The zero-order valence-corrected chi connectivity index (χ0v) is 12.8. The molecule has 1 heterocycles. The molecule has 0 fully saturated rings. The second kappa shape index (κ2) is 6.73. The normalized spacial score (nSPS) is 10.0. The number of aryl methyl sites for hydroxylation is 1.